The largest absolute Gasteiger partial charge is 0.435 e. The highest BCUT2D eigenvalue weighted by atomic mass is 19.4. The van der Waals surface area contributed by atoms with Crippen LogP contribution in [0.4, 0.5) is 36.4 Å². The Hall–Kier alpha value is -2.91. The molecule has 178 valence electrons. The molecule has 10 heteroatoms. The zero-order valence-corrected chi connectivity index (χ0v) is 18.0. The molecule has 1 aliphatic rings. The predicted octanol–water partition coefficient (Wildman–Crippen LogP) is 6.46. The van der Waals surface area contributed by atoms with Crippen molar-refractivity contribution in [2.45, 2.75) is 51.1 Å². The van der Waals surface area contributed by atoms with Gasteiger partial charge in [0.2, 0.25) is 0 Å². The van der Waals surface area contributed by atoms with Gasteiger partial charge in [0, 0.05) is 29.6 Å². The number of rotatable bonds is 4. The summed E-state index contributed by atoms with van der Waals surface area (Å²) in [6, 6.07) is 5.98. The zero-order chi connectivity index (χ0) is 24.8. The lowest BCUT2D eigenvalue weighted by molar-refractivity contribution is -0.348. The van der Waals surface area contributed by atoms with Gasteiger partial charge in [-0.05, 0) is 66.6 Å². The van der Waals surface area contributed by atoms with Gasteiger partial charge in [-0.2, -0.15) is 26.3 Å². The fraction of sp³-hybridized carbons (Fsp3) is 0.391. The molecule has 1 amide bonds. The molecule has 0 spiro atoms. The first kappa shape index (κ1) is 24.7. The highest BCUT2D eigenvalue weighted by Crippen LogP contribution is 2.53. The molecule has 0 aliphatic heterocycles. The summed E-state index contributed by atoms with van der Waals surface area (Å²) >= 11 is 0. The van der Waals surface area contributed by atoms with Gasteiger partial charge < -0.3 is 5.32 Å². The van der Waals surface area contributed by atoms with Crippen LogP contribution in [0.3, 0.4) is 0 Å². The lowest BCUT2D eigenvalue weighted by Crippen LogP contribution is -2.50. The van der Waals surface area contributed by atoms with E-state index in [4.69, 9.17) is 0 Å². The van der Waals surface area contributed by atoms with Crippen LogP contribution in [-0.2, 0) is 18.5 Å². The van der Waals surface area contributed by atoms with Crippen LogP contribution in [0.5, 0.6) is 0 Å². The minimum absolute atomic E-state index is 0.0312. The normalized spacial score (nSPS) is 15.6. The topological polar surface area (TPSA) is 41.5 Å². The molecule has 0 atom stereocenters. The molecule has 0 aromatic heterocycles. The fourth-order valence-electron chi connectivity index (χ4n) is 4.03. The van der Waals surface area contributed by atoms with Crippen molar-refractivity contribution in [2.75, 3.05) is 12.4 Å². The molecule has 0 saturated heterocycles. The summed E-state index contributed by atoms with van der Waals surface area (Å²) in [7, 11) is 1.67. The third kappa shape index (κ3) is 4.22. The van der Waals surface area contributed by atoms with E-state index < -0.39 is 29.5 Å². The maximum atomic E-state index is 14.5. The van der Waals surface area contributed by atoms with Crippen molar-refractivity contribution in [2.24, 2.45) is 4.99 Å². The first-order valence-corrected chi connectivity index (χ1v) is 10.1. The number of halogens is 7. The highest BCUT2D eigenvalue weighted by Gasteiger charge is 2.73. The SMILES string of the molecule is CCc1cc(C(F)(C(F)(F)F)C(F)(F)F)cc(C)c1NC(=O)c1ccc2c(c1)CC/C2=N\C. The zero-order valence-electron chi connectivity index (χ0n) is 18.0. The molecule has 0 heterocycles. The van der Waals surface area contributed by atoms with Crippen LogP contribution in [0.1, 0.15) is 51.5 Å². The Labute approximate surface area is 185 Å². The van der Waals surface area contributed by atoms with E-state index in [-0.39, 0.29) is 28.8 Å². The van der Waals surface area contributed by atoms with Gasteiger partial charge in [0.25, 0.3) is 5.91 Å². The van der Waals surface area contributed by atoms with Crippen LogP contribution in [0.15, 0.2) is 35.3 Å². The Morgan fingerprint density at radius 1 is 1.00 bits per heavy atom. The number of carbonyl (C=O) groups excluding carboxylic acids is 1. The third-order valence-corrected chi connectivity index (χ3v) is 5.80. The first-order valence-electron chi connectivity index (χ1n) is 10.1. The van der Waals surface area contributed by atoms with E-state index in [1.165, 1.54) is 13.8 Å². The lowest BCUT2D eigenvalue weighted by Gasteiger charge is -2.31. The summed E-state index contributed by atoms with van der Waals surface area (Å²) in [4.78, 5) is 17.0. The summed E-state index contributed by atoms with van der Waals surface area (Å²) in [5, 5.41) is 2.56. The Morgan fingerprint density at radius 3 is 2.18 bits per heavy atom. The molecule has 0 radical (unpaired) electrons. The average Bonchev–Trinajstić information content (AvgIpc) is 3.14. The van der Waals surface area contributed by atoms with E-state index in [9.17, 15) is 35.5 Å². The van der Waals surface area contributed by atoms with Crippen LogP contribution >= 0.6 is 0 Å². The van der Waals surface area contributed by atoms with Gasteiger partial charge in [-0.15, -0.1) is 0 Å². The molecule has 0 fully saturated rings. The molecular weight excluding hydrogens is 453 g/mol. The molecule has 1 aliphatic carbocycles. The molecule has 0 saturated carbocycles. The molecule has 2 aromatic carbocycles. The quantitative estimate of drug-likeness (QED) is 0.508. The van der Waals surface area contributed by atoms with Crippen LogP contribution in [0.2, 0.25) is 0 Å². The number of alkyl halides is 7. The Morgan fingerprint density at radius 2 is 1.64 bits per heavy atom. The summed E-state index contributed by atoms with van der Waals surface area (Å²) in [6.07, 6.45) is -11.0. The third-order valence-electron chi connectivity index (χ3n) is 5.80. The smallest absolute Gasteiger partial charge is 0.321 e. The van der Waals surface area contributed by atoms with Crippen molar-refractivity contribution in [3.05, 3.63) is 63.7 Å². The van der Waals surface area contributed by atoms with Crippen LogP contribution in [-0.4, -0.2) is 31.0 Å². The molecule has 33 heavy (non-hydrogen) atoms. The fourth-order valence-corrected chi connectivity index (χ4v) is 4.03. The van der Waals surface area contributed by atoms with E-state index in [0.29, 0.717) is 18.6 Å². The van der Waals surface area contributed by atoms with E-state index >= 15 is 0 Å². The van der Waals surface area contributed by atoms with Crippen molar-refractivity contribution >= 4 is 17.3 Å². The predicted molar refractivity (Wildman–Crippen MR) is 111 cm³/mol. The van der Waals surface area contributed by atoms with E-state index in [1.807, 2.05) is 0 Å². The average molecular weight is 474 g/mol. The number of anilines is 1. The number of benzene rings is 2. The van der Waals surface area contributed by atoms with Crippen LogP contribution < -0.4 is 5.32 Å². The second-order valence-electron chi connectivity index (χ2n) is 7.83. The van der Waals surface area contributed by atoms with Gasteiger partial charge in [0.15, 0.2) is 0 Å². The van der Waals surface area contributed by atoms with E-state index in [0.717, 1.165) is 23.3 Å². The Bertz CT molecular complexity index is 1100. The van der Waals surface area contributed by atoms with Crippen LogP contribution in [0, 0.1) is 6.92 Å². The minimum atomic E-state index is -6.21. The number of fused-ring (bicyclic) bond motifs is 1. The van der Waals surface area contributed by atoms with Gasteiger partial charge in [-0.3, -0.25) is 9.79 Å². The van der Waals surface area contributed by atoms with Crippen molar-refractivity contribution < 1.29 is 35.5 Å². The molecule has 2 aromatic rings. The Kier molecular flexibility index (Phi) is 6.34. The number of aryl methyl sites for hydroxylation is 3. The first-order chi connectivity index (χ1) is 15.2. The van der Waals surface area contributed by atoms with E-state index in [2.05, 4.69) is 10.3 Å². The lowest BCUT2D eigenvalue weighted by atomic mass is 9.89. The van der Waals surface area contributed by atoms with Crippen molar-refractivity contribution in [3.63, 3.8) is 0 Å². The summed E-state index contributed by atoms with van der Waals surface area (Å²) < 4.78 is 93.6. The van der Waals surface area contributed by atoms with Crippen molar-refractivity contribution in [1.82, 2.24) is 0 Å². The number of carbonyl (C=O) groups is 1. The van der Waals surface area contributed by atoms with Gasteiger partial charge in [-0.1, -0.05) is 19.1 Å². The molecular formula is C23H21F7N2O. The molecule has 0 bridgehead atoms. The van der Waals surface area contributed by atoms with E-state index in [1.54, 1.807) is 25.2 Å². The number of nitrogens with zero attached hydrogens (tertiary/aromatic N) is 1. The molecule has 0 unspecified atom stereocenters. The van der Waals surface area contributed by atoms with Gasteiger partial charge in [0.05, 0.1) is 0 Å². The number of aliphatic imine (C=N–C) groups is 1. The monoisotopic (exact) mass is 474 g/mol. The van der Waals surface area contributed by atoms with Crippen molar-refractivity contribution in [1.29, 1.82) is 0 Å². The number of amides is 1. The maximum Gasteiger partial charge on any atom is 0.435 e. The number of nitrogens with one attached hydrogen (secondary N) is 1. The van der Waals surface area contributed by atoms with Gasteiger partial charge in [-0.25, -0.2) is 4.39 Å². The standard InChI is InChI=1S/C23H21F7N2O/c1-4-13-11-16(21(24,22(25,26)27)23(28,29)30)9-12(2)19(13)32-20(33)15-5-7-17-14(10-15)6-8-18(17)31-3/h5,7,9-11H,4,6,8H2,1-3H3,(H,32,33)/b31-18+. The Balaban J connectivity index is 2.00. The highest BCUT2D eigenvalue weighted by molar-refractivity contribution is 6.08. The van der Waals surface area contributed by atoms with Crippen molar-refractivity contribution in [3.8, 4) is 0 Å². The van der Waals surface area contributed by atoms with Crippen LogP contribution in [0.25, 0.3) is 0 Å². The summed E-state index contributed by atoms with van der Waals surface area (Å²) in [5.74, 6) is -0.580. The molecule has 3 nitrogen and oxygen atoms in total. The second kappa shape index (κ2) is 8.46. The van der Waals surface area contributed by atoms with Gasteiger partial charge >= 0.3 is 18.0 Å². The minimum Gasteiger partial charge on any atom is -0.321 e. The molecule has 1 N–H and O–H groups in total. The summed E-state index contributed by atoms with van der Waals surface area (Å²) in [5.41, 5.74) is -4.16. The molecule has 3 rings (SSSR count). The number of hydrogen-bond donors (Lipinski definition) is 1. The second-order valence-corrected chi connectivity index (χ2v) is 7.83. The van der Waals surface area contributed by atoms with Gasteiger partial charge in [0.1, 0.15) is 0 Å². The summed E-state index contributed by atoms with van der Waals surface area (Å²) in [6.45, 7) is 2.70. The maximum absolute atomic E-state index is 14.5. The number of hydrogen-bond acceptors (Lipinski definition) is 2.